The van der Waals surface area contributed by atoms with E-state index >= 15 is 0 Å². The number of ether oxygens (including phenoxy) is 1. The van der Waals surface area contributed by atoms with Gasteiger partial charge in [-0.15, -0.1) is 11.3 Å². The first-order valence-electron chi connectivity index (χ1n) is 4.96. The molecule has 0 aliphatic carbocycles. The van der Waals surface area contributed by atoms with Crippen molar-refractivity contribution < 1.29 is 27.5 Å². The molecule has 0 aromatic carbocycles. The number of methoxy groups -OCH3 is 1. The van der Waals surface area contributed by atoms with Crippen LogP contribution >= 0.6 is 11.3 Å². The van der Waals surface area contributed by atoms with E-state index in [9.17, 15) is 18.0 Å². The van der Waals surface area contributed by atoms with Gasteiger partial charge in [-0.25, -0.2) is 0 Å². The maximum atomic E-state index is 11.8. The topological polar surface area (TPSA) is 47.6 Å². The van der Waals surface area contributed by atoms with Crippen LogP contribution in [0, 0.1) is 0 Å². The van der Waals surface area contributed by atoms with Crippen LogP contribution in [0.2, 0.25) is 0 Å². The first-order valence-corrected chi connectivity index (χ1v) is 5.78. The lowest BCUT2D eigenvalue weighted by atomic mass is 10.3. The Balaban J connectivity index is 2.29. The summed E-state index contributed by atoms with van der Waals surface area (Å²) in [6.07, 6.45) is -4.19. The summed E-state index contributed by atoms with van der Waals surface area (Å²) in [6, 6.07) is 3.44. The van der Waals surface area contributed by atoms with Crippen molar-refractivity contribution >= 4 is 17.3 Å². The summed E-state index contributed by atoms with van der Waals surface area (Å²) >= 11 is 1.31. The lowest BCUT2D eigenvalue weighted by Crippen LogP contribution is -2.24. The van der Waals surface area contributed by atoms with Crippen molar-refractivity contribution in [3.8, 4) is 0 Å². The maximum Gasteiger partial charge on any atom is 0.413 e. The summed E-state index contributed by atoms with van der Waals surface area (Å²) < 4.78 is 39.8. The fraction of sp³-hybridized carbons (Fsp3) is 0.500. The minimum absolute atomic E-state index is 0.155. The highest BCUT2D eigenvalue weighted by atomic mass is 32.1. The molecular weight excluding hydrogens is 271 g/mol. The normalized spacial score (nSPS) is 11.6. The van der Waals surface area contributed by atoms with Crippen LogP contribution in [0.25, 0.3) is 0 Å². The van der Waals surface area contributed by atoms with E-state index in [1.165, 1.54) is 18.4 Å². The fourth-order valence-electron chi connectivity index (χ4n) is 1.08. The molecule has 1 aromatic rings. The number of nitrogens with one attached hydrogen (secondary N) is 1. The Labute approximate surface area is 106 Å². The maximum absolute atomic E-state index is 11.8. The molecule has 1 aromatic heterocycles. The molecule has 18 heavy (non-hydrogen) atoms. The van der Waals surface area contributed by atoms with Crippen LogP contribution < -0.4 is 5.48 Å². The van der Waals surface area contributed by atoms with Gasteiger partial charge in [0.2, 0.25) is 0 Å². The summed E-state index contributed by atoms with van der Waals surface area (Å²) in [4.78, 5) is 16.8. The Bertz CT molecular complexity index is 392. The second-order valence-electron chi connectivity index (χ2n) is 3.35. The third kappa shape index (κ3) is 5.99. The highest BCUT2D eigenvalue weighted by Crippen LogP contribution is 2.18. The van der Waals surface area contributed by atoms with Crippen LogP contribution in [0.3, 0.4) is 0 Å². The molecular formula is C10H12F3NO3S. The molecule has 102 valence electrons. The predicted octanol–water partition coefficient (Wildman–Crippen LogP) is 2.05. The van der Waals surface area contributed by atoms with Crippen molar-refractivity contribution in [1.29, 1.82) is 0 Å². The SMILES string of the molecule is COC(=O)Cc1ccc(CNOCC(F)(F)F)s1. The molecule has 0 aliphatic heterocycles. The number of alkyl halides is 3. The standard InChI is InChI=1S/C10H12F3NO3S/c1-16-9(15)4-7-2-3-8(18-7)5-14-17-6-10(11,12)13/h2-3,14H,4-6H2,1H3. The average Bonchev–Trinajstić information content (AvgIpc) is 2.71. The van der Waals surface area contributed by atoms with Gasteiger partial charge in [-0.1, -0.05) is 0 Å². The number of rotatable bonds is 6. The number of halogens is 3. The van der Waals surface area contributed by atoms with E-state index in [4.69, 9.17) is 0 Å². The minimum Gasteiger partial charge on any atom is -0.469 e. The zero-order valence-electron chi connectivity index (χ0n) is 9.54. The van der Waals surface area contributed by atoms with Gasteiger partial charge < -0.3 is 4.74 Å². The lowest BCUT2D eigenvalue weighted by molar-refractivity contribution is -0.190. The van der Waals surface area contributed by atoms with E-state index in [0.29, 0.717) is 0 Å². The summed E-state index contributed by atoms with van der Waals surface area (Å²) in [5.41, 5.74) is 2.21. The van der Waals surface area contributed by atoms with E-state index in [-0.39, 0.29) is 18.9 Å². The molecule has 0 unspecified atom stereocenters. The molecule has 0 radical (unpaired) electrons. The van der Waals surface area contributed by atoms with Gasteiger partial charge in [0.15, 0.2) is 6.61 Å². The van der Waals surface area contributed by atoms with Gasteiger partial charge in [0.25, 0.3) is 0 Å². The van der Waals surface area contributed by atoms with Gasteiger partial charge >= 0.3 is 12.1 Å². The second kappa shape index (κ2) is 6.72. The first kappa shape index (κ1) is 14.9. The minimum atomic E-state index is -4.35. The largest absolute Gasteiger partial charge is 0.469 e. The number of carbonyl (C=O) groups excluding carboxylic acids is 1. The van der Waals surface area contributed by atoms with Crippen LogP contribution in [-0.2, 0) is 27.3 Å². The van der Waals surface area contributed by atoms with Crippen LogP contribution in [0.5, 0.6) is 0 Å². The van der Waals surface area contributed by atoms with Crippen LogP contribution in [0.1, 0.15) is 9.75 Å². The summed E-state index contributed by atoms with van der Waals surface area (Å²) in [7, 11) is 1.30. The number of carbonyl (C=O) groups is 1. The van der Waals surface area contributed by atoms with Gasteiger partial charge in [0, 0.05) is 9.75 Å². The Morgan fingerprint density at radius 2 is 2.06 bits per heavy atom. The van der Waals surface area contributed by atoms with Crippen molar-refractivity contribution in [2.24, 2.45) is 0 Å². The lowest BCUT2D eigenvalue weighted by Gasteiger charge is -2.07. The summed E-state index contributed by atoms with van der Waals surface area (Å²) in [6.45, 7) is -1.19. The highest BCUT2D eigenvalue weighted by Gasteiger charge is 2.27. The number of hydrogen-bond acceptors (Lipinski definition) is 5. The number of thiophene rings is 1. The Hall–Kier alpha value is -1.12. The highest BCUT2D eigenvalue weighted by molar-refractivity contribution is 7.12. The monoisotopic (exact) mass is 283 g/mol. The summed E-state index contributed by atoms with van der Waals surface area (Å²) in [5.74, 6) is -0.357. The second-order valence-corrected chi connectivity index (χ2v) is 4.60. The van der Waals surface area contributed by atoms with E-state index in [1.54, 1.807) is 12.1 Å². The third-order valence-corrected chi connectivity index (χ3v) is 2.93. The van der Waals surface area contributed by atoms with Gasteiger partial charge in [-0.05, 0) is 12.1 Å². The number of hydrogen-bond donors (Lipinski definition) is 1. The van der Waals surface area contributed by atoms with E-state index in [0.717, 1.165) is 9.75 Å². The fourth-order valence-corrected chi connectivity index (χ4v) is 2.01. The molecule has 1 N–H and O–H groups in total. The molecule has 4 nitrogen and oxygen atoms in total. The Kier molecular flexibility index (Phi) is 5.57. The zero-order valence-corrected chi connectivity index (χ0v) is 10.4. The van der Waals surface area contributed by atoms with Gasteiger partial charge in [-0.3, -0.25) is 9.63 Å². The van der Waals surface area contributed by atoms with Gasteiger partial charge in [-0.2, -0.15) is 18.7 Å². The quantitative estimate of drug-likeness (QED) is 0.493. The van der Waals surface area contributed by atoms with Crippen molar-refractivity contribution in [2.75, 3.05) is 13.7 Å². The van der Waals surface area contributed by atoms with Crippen LogP contribution in [-0.4, -0.2) is 25.9 Å². The van der Waals surface area contributed by atoms with Crippen molar-refractivity contribution in [3.63, 3.8) is 0 Å². The van der Waals surface area contributed by atoms with Gasteiger partial charge in [0.05, 0.1) is 20.1 Å². The number of hydroxylamine groups is 1. The first-order chi connectivity index (χ1) is 8.40. The molecule has 0 aliphatic rings. The smallest absolute Gasteiger partial charge is 0.413 e. The third-order valence-electron chi connectivity index (χ3n) is 1.85. The van der Waals surface area contributed by atoms with Crippen molar-refractivity contribution in [2.45, 2.75) is 19.1 Å². The zero-order chi connectivity index (χ0) is 13.6. The van der Waals surface area contributed by atoms with Crippen molar-refractivity contribution in [3.05, 3.63) is 21.9 Å². The van der Waals surface area contributed by atoms with E-state index in [2.05, 4.69) is 15.1 Å². The molecule has 0 fully saturated rings. The molecule has 1 heterocycles. The van der Waals surface area contributed by atoms with Crippen LogP contribution in [0.15, 0.2) is 12.1 Å². The van der Waals surface area contributed by atoms with Crippen LogP contribution in [0.4, 0.5) is 13.2 Å². The molecule has 8 heteroatoms. The molecule has 1 rings (SSSR count). The number of esters is 1. The summed E-state index contributed by atoms with van der Waals surface area (Å²) in [5, 5.41) is 0. The average molecular weight is 283 g/mol. The molecule has 0 bridgehead atoms. The van der Waals surface area contributed by atoms with E-state index < -0.39 is 12.8 Å². The van der Waals surface area contributed by atoms with Gasteiger partial charge in [0.1, 0.15) is 0 Å². The molecule has 0 atom stereocenters. The van der Waals surface area contributed by atoms with Crippen molar-refractivity contribution in [1.82, 2.24) is 5.48 Å². The molecule has 0 spiro atoms. The Morgan fingerprint density at radius 3 is 2.67 bits per heavy atom. The predicted molar refractivity (Wildman–Crippen MR) is 58.9 cm³/mol. The van der Waals surface area contributed by atoms with E-state index in [1.807, 2.05) is 0 Å². The molecule has 0 saturated heterocycles. The molecule has 0 amide bonds. The Morgan fingerprint density at radius 1 is 1.39 bits per heavy atom. The molecule has 0 saturated carbocycles.